The zero-order chi connectivity index (χ0) is 27.3. The fourth-order valence-corrected chi connectivity index (χ4v) is 6.08. The third kappa shape index (κ3) is 4.96. The Hall–Kier alpha value is -3.71. The summed E-state index contributed by atoms with van der Waals surface area (Å²) in [6.45, 7) is 3.31. The van der Waals surface area contributed by atoms with Crippen molar-refractivity contribution in [2.24, 2.45) is 0 Å². The molecule has 13 heteroatoms. The number of hydrogen-bond acceptors (Lipinski definition) is 7. The number of hydrogen-bond donors (Lipinski definition) is 1. The summed E-state index contributed by atoms with van der Waals surface area (Å²) in [5.41, 5.74) is 0.616. The van der Waals surface area contributed by atoms with Crippen LogP contribution in [0.1, 0.15) is 41.2 Å². The van der Waals surface area contributed by atoms with Crippen molar-refractivity contribution in [3.8, 4) is 0 Å². The maximum absolute atomic E-state index is 13.8. The van der Waals surface area contributed by atoms with E-state index in [0.29, 0.717) is 28.7 Å². The molecule has 0 fully saturated rings. The number of sulfonamides is 1. The van der Waals surface area contributed by atoms with E-state index >= 15 is 0 Å². The fourth-order valence-electron chi connectivity index (χ4n) is 4.46. The van der Waals surface area contributed by atoms with E-state index in [1.807, 2.05) is 0 Å². The summed E-state index contributed by atoms with van der Waals surface area (Å²) in [6.07, 6.45) is -0.289. The number of fused-ring (bicyclic) bond motifs is 1. The Balaban J connectivity index is 1.69. The normalized spacial score (nSPS) is 15.3. The molecule has 0 amide bonds. The first-order valence-electron chi connectivity index (χ1n) is 11.2. The van der Waals surface area contributed by atoms with Gasteiger partial charge in [-0.2, -0.15) is 9.40 Å². The van der Waals surface area contributed by atoms with Gasteiger partial charge >= 0.3 is 0 Å². The molecule has 0 unspecified atom stereocenters. The molecule has 0 spiro atoms. The van der Waals surface area contributed by atoms with Crippen LogP contribution in [0, 0.1) is 21.7 Å². The number of nitro groups is 1. The number of halogens is 2. The Morgan fingerprint density at radius 1 is 1.19 bits per heavy atom. The van der Waals surface area contributed by atoms with Crippen LogP contribution in [0.5, 0.6) is 0 Å². The average Bonchev–Trinajstić information content (AvgIpc) is 3.21. The van der Waals surface area contributed by atoms with E-state index < -0.39 is 42.7 Å². The van der Waals surface area contributed by atoms with Crippen LogP contribution in [0.2, 0.25) is 0 Å². The van der Waals surface area contributed by atoms with E-state index in [4.69, 9.17) is 0 Å². The lowest BCUT2D eigenvalue weighted by atomic mass is 9.83. The highest BCUT2D eigenvalue weighted by Crippen LogP contribution is 2.37. The molecule has 37 heavy (non-hydrogen) atoms. The number of aromatic amines is 1. The Labute approximate surface area is 212 Å². The van der Waals surface area contributed by atoms with Crippen molar-refractivity contribution in [1.29, 1.82) is 0 Å². The third-order valence-electron chi connectivity index (χ3n) is 6.31. The molecule has 0 radical (unpaired) electrons. The largest absolute Gasteiger partial charge is 0.377 e. The summed E-state index contributed by atoms with van der Waals surface area (Å²) in [5, 5.41) is 18.7. The fraction of sp³-hybridized carbons (Fsp3) is 0.333. The first-order chi connectivity index (χ1) is 17.2. The molecule has 2 heterocycles. The first-order valence-corrected chi connectivity index (χ1v) is 12.7. The second kappa shape index (κ2) is 9.30. The maximum Gasteiger partial charge on any atom is 0.282 e. The topological polar surface area (TPSA) is 130 Å². The summed E-state index contributed by atoms with van der Waals surface area (Å²) in [7, 11) is -0.855. The second-order valence-electron chi connectivity index (χ2n) is 9.74. The molecule has 1 aliphatic heterocycles. The summed E-state index contributed by atoms with van der Waals surface area (Å²) in [5.74, 6) is -2.59. The summed E-state index contributed by atoms with van der Waals surface area (Å²) >= 11 is 0. The number of nitrogens with zero attached hydrogens (tertiary/aromatic N) is 4. The molecule has 3 aromatic rings. The van der Waals surface area contributed by atoms with Gasteiger partial charge in [-0.15, -0.1) is 0 Å². The standard InChI is InChI=1S/C24H25F2N5O5S/c1-24(2)13-30(37(35,36)17-8-14(25)7-15(26)9-17)12-19-20(27-28-23(19)24)11-22(32)18-6-5-16(29(3)4)10-21(18)31(33)34/h5-10H,11-13H2,1-4H3,(H,27,28). The van der Waals surface area contributed by atoms with Crippen LogP contribution in [0.4, 0.5) is 20.2 Å². The second-order valence-corrected chi connectivity index (χ2v) is 11.7. The third-order valence-corrected chi connectivity index (χ3v) is 8.08. The number of nitrogens with one attached hydrogen (secondary N) is 1. The van der Waals surface area contributed by atoms with Gasteiger partial charge in [-0.05, 0) is 24.3 Å². The zero-order valence-electron chi connectivity index (χ0n) is 20.6. The van der Waals surface area contributed by atoms with E-state index in [9.17, 15) is 32.1 Å². The molecule has 196 valence electrons. The van der Waals surface area contributed by atoms with Crippen molar-refractivity contribution in [2.75, 3.05) is 25.5 Å². The van der Waals surface area contributed by atoms with Gasteiger partial charge in [0.15, 0.2) is 5.78 Å². The van der Waals surface area contributed by atoms with Gasteiger partial charge in [-0.3, -0.25) is 20.0 Å². The lowest BCUT2D eigenvalue weighted by Gasteiger charge is -2.36. The number of rotatable bonds is 7. The van der Waals surface area contributed by atoms with Crippen molar-refractivity contribution in [2.45, 2.75) is 37.1 Å². The Morgan fingerprint density at radius 2 is 1.84 bits per heavy atom. The van der Waals surface area contributed by atoms with E-state index in [-0.39, 0.29) is 30.8 Å². The summed E-state index contributed by atoms with van der Waals surface area (Å²) in [4.78, 5) is 25.3. The van der Waals surface area contributed by atoms with Gasteiger partial charge in [0, 0.05) is 61.7 Å². The molecular weight excluding hydrogens is 508 g/mol. The Kier molecular flexibility index (Phi) is 6.63. The number of Topliss-reactive ketones (excluding diaryl/α,β-unsaturated/α-hetero) is 1. The Morgan fingerprint density at radius 3 is 2.43 bits per heavy atom. The van der Waals surface area contributed by atoms with Gasteiger partial charge in [-0.1, -0.05) is 13.8 Å². The highest BCUT2D eigenvalue weighted by molar-refractivity contribution is 7.89. The highest BCUT2D eigenvalue weighted by atomic mass is 32.2. The van der Waals surface area contributed by atoms with Crippen molar-refractivity contribution < 1.29 is 26.9 Å². The van der Waals surface area contributed by atoms with Gasteiger partial charge < -0.3 is 4.90 Å². The van der Waals surface area contributed by atoms with Gasteiger partial charge in [-0.25, -0.2) is 17.2 Å². The first kappa shape index (κ1) is 26.4. The molecule has 0 saturated heterocycles. The molecule has 1 aliphatic rings. The molecule has 4 rings (SSSR count). The summed E-state index contributed by atoms with van der Waals surface area (Å²) < 4.78 is 55.2. The lowest BCUT2D eigenvalue weighted by molar-refractivity contribution is -0.385. The number of benzene rings is 2. The van der Waals surface area contributed by atoms with Gasteiger partial charge in [0.25, 0.3) is 5.69 Å². The molecule has 1 aromatic heterocycles. The van der Waals surface area contributed by atoms with Crippen LogP contribution in [0.25, 0.3) is 0 Å². The lowest BCUT2D eigenvalue weighted by Crippen LogP contribution is -2.45. The van der Waals surface area contributed by atoms with Gasteiger partial charge in [0.05, 0.1) is 27.5 Å². The number of nitro benzene ring substituents is 1. The quantitative estimate of drug-likeness (QED) is 0.279. The maximum atomic E-state index is 13.8. The zero-order valence-corrected chi connectivity index (χ0v) is 21.4. The van der Waals surface area contributed by atoms with Gasteiger partial charge in [0.2, 0.25) is 10.0 Å². The van der Waals surface area contributed by atoms with Crippen LogP contribution in [-0.4, -0.2) is 54.3 Å². The van der Waals surface area contributed by atoms with Crippen molar-refractivity contribution in [1.82, 2.24) is 14.5 Å². The van der Waals surface area contributed by atoms with E-state index in [0.717, 1.165) is 16.4 Å². The molecule has 10 nitrogen and oxygen atoms in total. The highest BCUT2D eigenvalue weighted by Gasteiger charge is 2.41. The number of H-pyrrole nitrogens is 1. The van der Waals surface area contributed by atoms with Crippen LogP contribution in [-0.2, 0) is 28.4 Å². The molecule has 0 aliphatic carbocycles. The molecule has 0 atom stereocenters. The molecule has 2 aromatic carbocycles. The van der Waals surface area contributed by atoms with E-state index in [1.165, 1.54) is 12.1 Å². The van der Waals surface area contributed by atoms with Crippen LogP contribution in [0.15, 0.2) is 41.3 Å². The van der Waals surface area contributed by atoms with Crippen LogP contribution < -0.4 is 4.90 Å². The molecule has 0 saturated carbocycles. The Bertz CT molecular complexity index is 1500. The molecule has 0 bridgehead atoms. The minimum Gasteiger partial charge on any atom is -0.377 e. The smallest absolute Gasteiger partial charge is 0.282 e. The molecular formula is C24H25F2N5O5S. The number of carbonyl (C=O) groups is 1. The van der Waals surface area contributed by atoms with Crippen LogP contribution in [0.3, 0.4) is 0 Å². The van der Waals surface area contributed by atoms with Crippen LogP contribution >= 0.6 is 0 Å². The van der Waals surface area contributed by atoms with Gasteiger partial charge in [0.1, 0.15) is 11.6 Å². The predicted molar refractivity (Wildman–Crippen MR) is 131 cm³/mol. The predicted octanol–water partition coefficient (Wildman–Crippen LogP) is 3.57. The average molecular weight is 534 g/mol. The van der Waals surface area contributed by atoms with E-state index in [1.54, 1.807) is 38.9 Å². The monoisotopic (exact) mass is 533 g/mol. The number of carbonyl (C=O) groups excluding carboxylic acids is 1. The number of anilines is 1. The van der Waals surface area contributed by atoms with Crippen molar-refractivity contribution in [3.63, 3.8) is 0 Å². The minimum absolute atomic E-state index is 0.0177. The molecule has 1 N–H and O–H groups in total. The number of ketones is 1. The van der Waals surface area contributed by atoms with Crippen molar-refractivity contribution in [3.05, 3.63) is 80.7 Å². The van der Waals surface area contributed by atoms with Crippen molar-refractivity contribution >= 4 is 27.2 Å². The number of aromatic nitrogens is 2. The SMILES string of the molecule is CN(C)c1ccc(C(=O)Cc2[nH]nc3c2CN(S(=O)(=O)c2cc(F)cc(F)c2)CC3(C)C)c([N+](=O)[O-])c1. The van der Waals surface area contributed by atoms with E-state index in [2.05, 4.69) is 10.2 Å². The summed E-state index contributed by atoms with van der Waals surface area (Å²) in [6, 6.07) is 6.37. The minimum atomic E-state index is -4.29.